The van der Waals surface area contributed by atoms with Gasteiger partial charge < -0.3 is 10.3 Å². The van der Waals surface area contributed by atoms with Crippen molar-refractivity contribution in [2.75, 3.05) is 0 Å². The molecule has 2 nitrogen and oxygen atoms in total. The van der Waals surface area contributed by atoms with E-state index in [1.165, 1.54) is 54.9 Å². The summed E-state index contributed by atoms with van der Waals surface area (Å²) < 4.78 is 2.41. The van der Waals surface area contributed by atoms with Crippen molar-refractivity contribution in [1.29, 1.82) is 0 Å². The SMILES string of the molecule is C=C/C=C(/C)CC/C=C\C(=C/N)c1ccc2c3ccc4cc(-c5cccc(-c6ccccc6)c5)ccc4c3n(-c3ccccc3)c2c1. The second-order valence-electron chi connectivity index (χ2n) is 12.1. The lowest BCUT2D eigenvalue weighted by Gasteiger charge is -2.12. The molecule has 0 atom stereocenters. The molecule has 0 spiro atoms. The van der Waals surface area contributed by atoms with Gasteiger partial charge in [-0.05, 0) is 88.9 Å². The van der Waals surface area contributed by atoms with E-state index in [2.05, 4.69) is 170 Å². The van der Waals surface area contributed by atoms with E-state index in [1.54, 1.807) is 6.20 Å². The number of aromatic nitrogens is 1. The van der Waals surface area contributed by atoms with Crippen molar-refractivity contribution in [1.82, 2.24) is 4.57 Å². The smallest absolute Gasteiger partial charge is 0.0619 e. The first-order valence-electron chi connectivity index (χ1n) is 16.2. The maximum atomic E-state index is 6.20. The topological polar surface area (TPSA) is 30.9 Å². The van der Waals surface area contributed by atoms with E-state index in [4.69, 9.17) is 5.73 Å². The molecule has 1 aromatic heterocycles. The molecule has 0 radical (unpaired) electrons. The van der Waals surface area contributed by atoms with Crippen LogP contribution in [-0.4, -0.2) is 4.57 Å². The van der Waals surface area contributed by atoms with Gasteiger partial charge in [0.1, 0.15) is 0 Å². The number of rotatable bonds is 9. The Labute approximate surface area is 277 Å². The van der Waals surface area contributed by atoms with Crippen LogP contribution in [0.15, 0.2) is 176 Å². The fourth-order valence-corrected chi connectivity index (χ4v) is 6.60. The van der Waals surface area contributed by atoms with Gasteiger partial charge in [-0.1, -0.05) is 140 Å². The Hall–Kier alpha value is -5.86. The third-order valence-electron chi connectivity index (χ3n) is 8.98. The fourth-order valence-electron chi connectivity index (χ4n) is 6.60. The van der Waals surface area contributed by atoms with Gasteiger partial charge in [0.25, 0.3) is 0 Å². The predicted octanol–water partition coefficient (Wildman–Crippen LogP) is 12.0. The van der Waals surface area contributed by atoms with Gasteiger partial charge in [-0.25, -0.2) is 0 Å². The molecule has 1 heterocycles. The van der Waals surface area contributed by atoms with Gasteiger partial charge in [-0.15, -0.1) is 0 Å². The van der Waals surface area contributed by atoms with Crippen molar-refractivity contribution >= 4 is 38.2 Å². The lowest BCUT2D eigenvalue weighted by Crippen LogP contribution is -1.95. The predicted molar refractivity (Wildman–Crippen MR) is 204 cm³/mol. The standard InChI is InChI=1S/C45H38N2/c1-3-13-32(2)14-10-11-17-39(31-46)37-23-26-42-43-27-24-38-29-36(35-19-12-18-34(28-35)33-15-6-4-7-16-33)22-25-41(38)45(43)47(44(42)30-37)40-20-8-5-9-21-40/h3-9,11-13,15-31H,1,10,14,46H2,2H3/b17-11-,32-13-,39-31+. The molecule has 0 aliphatic carbocycles. The average molecular weight is 607 g/mol. The van der Waals surface area contributed by atoms with E-state index in [0.29, 0.717) is 0 Å². The van der Waals surface area contributed by atoms with Crippen LogP contribution in [-0.2, 0) is 0 Å². The van der Waals surface area contributed by atoms with Gasteiger partial charge in [0.2, 0.25) is 0 Å². The molecule has 0 amide bonds. The van der Waals surface area contributed by atoms with Crippen LogP contribution >= 0.6 is 0 Å². The summed E-state index contributed by atoms with van der Waals surface area (Å²) in [5, 5.41) is 4.90. The van der Waals surface area contributed by atoms with Crippen LogP contribution in [0.1, 0.15) is 25.3 Å². The third kappa shape index (κ3) is 5.94. The van der Waals surface area contributed by atoms with E-state index in [0.717, 1.165) is 35.2 Å². The molecule has 47 heavy (non-hydrogen) atoms. The molecule has 2 N–H and O–H groups in total. The van der Waals surface area contributed by atoms with Crippen LogP contribution in [0.3, 0.4) is 0 Å². The van der Waals surface area contributed by atoms with Crippen LogP contribution in [0.5, 0.6) is 0 Å². The zero-order valence-corrected chi connectivity index (χ0v) is 26.7. The fraction of sp³-hybridized carbons (Fsp3) is 0.0667. The highest BCUT2D eigenvalue weighted by atomic mass is 15.0. The molecule has 6 aromatic carbocycles. The molecule has 7 aromatic rings. The van der Waals surface area contributed by atoms with Crippen molar-refractivity contribution in [2.24, 2.45) is 5.73 Å². The van der Waals surface area contributed by atoms with Gasteiger partial charge in [0, 0.05) is 28.0 Å². The summed E-state index contributed by atoms with van der Waals surface area (Å²) in [5.41, 5.74) is 18.0. The normalized spacial score (nSPS) is 12.4. The lowest BCUT2D eigenvalue weighted by molar-refractivity contribution is 0.978. The highest BCUT2D eigenvalue weighted by molar-refractivity contribution is 6.19. The Kier molecular flexibility index (Phi) is 8.41. The number of hydrogen-bond donors (Lipinski definition) is 1. The molecule has 0 aliphatic rings. The van der Waals surface area contributed by atoms with E-state index >= 15 is 0 Å². The van der Waals surface area contributed by atoms with Crippen LogP contribution in [0, 0.1) is 0 Å². The van der Waals surface area contributed by atoms with Gasteiger partial charge in [-0.2, -0.15) is 0 Å². The molecule has 0 bridgehead atoms. The summed E-state index contributed by atoms with van der Waals surface area (Å²) in [6.07, 6.45) is 11.9. The summed E-state index contributed by atoms with van der Waals surface area (Å²) in [5.74, 6) is 0. The first kappa shape index (κ1) is 29.8. The summed E-state index contributed by atoms with van der Waals surface area (Å²) >= 11 is 0. The van der Waals surface area contributed by atoms with Gasteiger partial charge >= 0.3 is 0 Å². The Balaban J connectivity index is 1.35. The molecule has 0 saturated carbocycles. The van der Waals surface area contributed by atoms with E-state index in [-0.39, 0.29) is 0 Å². The van der Waals surface area contributed by atoms with E-state index in [1.807, 2.05) is 6.08 Å². The first-order chi connectivity index (χ1) is 23.1. The van der Waals surface area contributed by atoms with Crippen molar-refractivity contribution in [2.45, 2.75) is 19.8 Å². The van der Waals surface area contributed by atoms with Crippen molar-refractivity contribution in [3.05, 3.63) is 182 Å². The van der Waals surface area contributed by atoms with Crippen LogP contribution in [0.4, 0.5) is 0 Å². The van der Waals surface area contributed by atoms with Crippen LogP contribution in [0.25, 0.3) is 66.1 Å². The Bertz CT molecular complexity index is 2320. The van der Waals surface area contributed by atoms with Crippen molar-refractivity contribution < 1.29 is 0 Å². The van der Waals surface area contributed by atoms with E-state index in [9.17, 15) is 0 Å². The van der Waals surface area contributed by atoms with Crippen molar-refractivity contribution in [3.63, 3.8) is 0 Å². The Morgan fingerprint density at radius 3 is 2.13 bits per heavy atom. The molecule has 0 fully saturated rings. The lowest BCUT2D eigenvalue weighted by atomic mass is 9.96. The van der Waals surface area contributed by atoms with Gasteiger partial charge in [-0.3, -0.25) is 0 Å². The number of allylic oxidation sites excluding steroid dienone is 6. The minimum atomic E-state index is 0.949. The molecule has 0 saturated heterocycles. The number of para-hydroxylation sites is 1. The highest BCUT2D eigenvalue weighted by Crippen LogP contribution is 2.39. The Morgan fingerprint density at radius 2 is 1.36 bits per heavy atom. The molecule has 0 unspecified atom stereocenters. The molecule has 0 aliphatic heterocycles. The monoisotopic (exact) mass is 606 g/mol. The quantitative estimate of drug-likeness (QED) is 0.163. The summed E-state index contributed by atoms with van der Waals surface area (Å²) in [6.45, 7) is 5.94. The zero-order chi connectivity index (χ0) is 32.2. The van der Waals surface area contributed by atoms with Gasteiger partial charge in [0.15, 0.2) is 0 Å². The molecular formula is C45H38N2. The largest absolute Gasteiger partial charge is 0.404 e. The number of nitrogens with two attached hydrogens (primary N) is 1. The van der Waals surface area contributed by atoms with Crippen molar-refractivity contribution in [3.8, 4) is 27.9 Å². The maximum Gasteiger partial charge on any atom is 0.0619 e. The minimum absolute atomic E-state index is 0.949. The summed E-state index contributed by atoms with van der Waals surface area (Å²) in [6, 6.07) is 48.2. The average Bonchev–Trinajstić information content (AvgIpc) is 3.46. The first-order valence-corrected chi connectivity index (χ1v) is 16.2. The zero-order valence-electron chi connectivity index (χ0n) is 26.7. The molecule has 2 heteroatoms. The second kappa shape index (κ2) is 13.2. The number of fused-ring (bicyclic) bond motifs is 5. The number of hydrogen-bond acceptors (Lipinski definition) is 1. The highest BCUT2D eigenvalue weighted by Gasteiger charge is 2.16. The van der Waals surface area contributed by atoms with Crippen LogP contribution in [0.2, 0.25) is 0 Å². The summed E-state index contributed by atoms with van der Waals surface area (Å²) in [4.78, 5) is 0. The number of benzene rings is 6. The molecule has 7 rings (SSSR count). The summed E-state index contributed by atoms with van der Waals surface area (Å²) in [7, 11) is 0. The Morgan fingerprint density at radius 1 is 0.681 bits per heavy atom. The van der Waals surface area contributed by atoms with Crippen LogP contribution < -0.4 is 5.73 Å². The number of nitrogens with zero attached hydrogens (tertiary/aromatic N) is 1. The minimum Gasteiger partial charge on any atom is -0.404 e. The molecule has 228 valence electrons. The second-order valence-corrected chi connectivity index (χ2v) is 12.1. The molecular weight excluding hydrogens is 569 g/mol. The third-order valence-corrected chi connectivity index (χ3v) is 8.98. The van der Waals surface area contributed by atoms with Gasteiger partial charge in [0.05, 0.1) is 11.0 Å². The maximum absolute atomic E-state index is 6.20. The van der Waals surface area contributed by atoms with E-state index < -0.39 is 0 Å².